The van der Waals surface area contributed by atoms with Crippen LogP contribution in [0.3, 0.4) is 0 Å². The van der Waals surface area contributed by atoms with Crippen LogP contribution in [-0.4, -0.2) is 24.0 Å². The lowest BCUT2D eigenvalue weighted by Gasteiger charge is -2.21. The molecule has 1 saturated carbocycles. The number of benzene rings is 2. The van der Waals surface area contributed by atoms with Crippen molar-refractivity contribution in [2.24, 2.45) is 5.92 Å². The summed E-state index contributed by atoms with van der Waals surface area (Å²) in [4.78, 5) is 25.0. The molecule has 8 heteroatoms. The first-order chi connectivity index (χ1) is 14.5. The van der Waals surface area contributed by atoms with Crippen molar-refractivity contribution in [3.63, 3.8) is 0 Å². The molecule has 0 radical (unpaired) electrons. The number of halogens is 1. The van der Waals surface area contributed by atoms with Gasteiger partial charge in [0.1, 0.15) is 5.75 Å². The molecule has 2 aromatic rings. The van der Waals surface area contributed by atoms with Gasteiger partial charge in [0, 0.05) is 21.8 Å². The Morgan fingerprint density at radius 3 is 2.43 bits per heavy atom. The van der Waals surface area contributed by atoms with Gasteiger partial charge < -0.3 is 15.4 Å². The monoisotopic (exact) mass is 489 g/mol. The molecular weight excluding hydrogens is 466 g/mol. The number of ether oxygens (including phenoxy) is 1. The van der Waals surface area contributed by atoms with Crippen LogP contribution in [0, 0.1) is 5.92 Å². The molecule has 0 heterocycles. The zero-order valence-corrected chi connectivity index (χ0v) is 19.1. The first-order valence-corrected chi connectivity index (χ1v) is 11.0. The molecule has 0 bridgehead atoms. The zero-order chi connectivity index (χ0) is 21.5. The SMILES string of the molecule is COc1ccc(Br)cc1C(=O)NC(=S)Nc1cccc(NC(=O)C2CCCCC2)c1. The van der Waals surface area contributed by atoms with Crippen LogP contribution in [0.4, 0.5) is 11.4 Å². The van der Waals surface area contributed by atoms with Crippen molar-refractivity contribution in [1.82, 2.24) is 5.32 Å². The summed E-state index contributed by atoms with van der Waals surface area (Å²) < 4.78 is 6.00. The normalized spacial score (nSPS) is 13.9. The van der Waals surface area contributed by atoms with Crippen LogP contribution in [0.15, 0.2) is 46.9 Å². The molecule has 2 amide bonds. The van der Waals surface area contributed by atoms with E-state index in [1.54, 1.807) is 24.3 Å². The van der Waals surface area contributed by atoms with Crippen LogP contribution >= 0.6 is 28.1 Å². The van der Waals surface area contributed by atoms with Gasteiger partial charge in [-0.05, 0) is 61.5 Å². The number of methoxy groups -OCH3 is 1. The fourth-order valence-corrected chi connectivity index (χ4v) is 4.05. The molecule has 2 aromatic carbocycles. The van der Waals surface area contributed by atoms with Crippen LogP contribution < -0.4 is 20.7 Å². The summed E-state index contributed by atoms with van der Waals surface area (Å²) in [5.41, 5.74) is 1.73. The van der Waals surface area contributed by atoms with Gasteiger partial charge in [-0.25, -0.2) is 0 Å². The Kier molecular flexibility index (Phi) is 7.81. The van der Waals surface area contributed by atoms with E-state index in [-0.39, 0.29) is 22.8 Å². The summed E-state index contributed by atoms with van der Waals surface area (Å²) in [6.45, 7) is 0. The molecule has 158 valence electrons. The number of anilines is 2. The van der Waals surface area contributed by atoms with Crippen LogP contribution in [-0.2, 0) is 4.79 Å². The summed E-state index contributed by atoms with van der Waals surface area (Å²) in [6, 6.07) is 12.4. The average molecular weight is 490 g/mol. The summed E-state index contributed by atoms with van der Waals surface area (Å²) in [5.74, 6) is 0.207. The van der Waals surface area contributed by atoms with Crippen molar-refractivity contribution in [3.05, 3.63) is 52.5 Å². The van der Waals surface area contributed by atoms with Gasteiger partial charge in [-0.3, -0.25) is 14.9 Å². The average Bonchev–Trinajstić information content (AvgIpc) is 2.74. The molecular formula is C22H24BrN3O3S. The second kappa shape index (κ2) is 10.5. The van der Waals surface area contributed by atoms with Crippen molar-refractivity contribution < 1.29 is 14.3 Å². The largest absolute Gasteiger partial charge is 0.496 e. The van der Waals surface area contributed by atoms with Crippen molar-refractivity contribution in [2.75, 3.05) is 17.7 Å². The fraction of sp³-hybridized carbons (Fsp3) is 0.318. The van der Waals surface area contributed by atoms with Crippen LogP contribution in [0.1, 0.15) is 42.5 Å². The first-order valence-electron chi connectivity index (χ1n) is 9.83. The maximum absolute atomic E-state index is 12.6. The lowest BCUT2D eigenvalue weighted by atomic mass is 9.88. The standard InChI is InChI=1S/C22H24BrN3O3S/c1-29-19-11-10-15(23)12-18(19)21(28)26-22(30)25-17-9-5-8-16(13-17)24-20(27)14-6-3-2-4-7-14/h5,8-14H,2-4,6-7H2,1H3,(H,24,27)(H2,25,26,28,30). The first kappa shape index (κ1) is 22.2. The Hall–Kier alpha value is -2.45. The Morgan fingerprint density at radius 2 is 1.73 bits per heavy atom. The Morgan fingerprint density at radius 1 is 1.03 bits per heavy atom. The maximum Gasteiger partial charge on any atom is 0.261 e. The van der Waals surface area contributed by atoms with Gasteiger partial charge >= 0.3 is 0 Å². The summed E-state index contributed by atoms with van der Waals surface area (Å²) in [5, 5.41) is 8.77. The predicted molar refractivity (Wildman–Crippen MR) is 126 cm³/mol. The van der Waals surface area contributed by atoms with E-state index in [0.29, 0.717) is 22.7 Å². The van der Waals surface area contributed by atoms with Crippen molar-refractivity contribution in [2.45, 2.75) is 32.1 Å². The fourth-order valence-electron chi connectivity index (χ4n) is 3.47. The van der Waals surface area contributed by atoms with E-state index in [2.05, 4.69) is 31.9 Å². The van der Waals surface area contributed by atoms with Crippen molar-refractivity contribution in [3.8, 4) is 5.75 Å². The molecule has 0 aliphatic heterocycles. The molecule has 1 fully saturated rings. The molecule has 6 nitrogen and oxygen atoms in total. The molecule has 1 aliphatic carbocycles. The minimum Gasteiger partial charge on any atom is -0.496 e. The second-order valence-electron chi connectivity index (χ2n) is 7.16. The summed E-state index contributed by atoms with van der Waals surface area (Å²) in [6.07, 6.45) is 5.31. The van der Waals surface area contributed by atoms with Crippen LogP contribution in [0.25, 0.3) is 0 Å². The molecule has 0 aromatic heterocycles. The topological polar surface area (TPSA) is 79.5 Å². The van der Waals surface area contributed by atoms with E-state index < -0.39 is 0 Å². The number of hydrogen-bond donors (Lipinski definition) is 3. The Labute approximate surface area is 189 Å². The molecule has 3 N–H and O–H groups in total. The highest BCUT2D eigenvalue weighted by Gasteiger charge is 2.21. The minimum atomic E-state index is -0.382. The number of amides is 2. The van der Waals surface area contributed by atoms with E-state index in [1.807, 2.05) is 18.2 Å². The number of rotatable bonds is 5. The molecule has 0 spiro atoms. The van der Waals surface area contributed by atoms with Gasteiger partial charge in [0.25, 0.3) is 5.91 Å². The number of nitrogens with one attached hydrogen (secondary N) is 3. The van der Waals surface area contributed by atoms with Crippen molar-refractivity contribution in [1.29, 1.82) is 0 Å². The van der Waals surface area contributed by atoms with Crippen molar-refractivity contribution >= 4 is 56.4 Å². The smallest absolute Gasteiger partial charge is 0.261 e. The lowest BCUT2D eigenvalue weighted by molar-refractivity contribution is -0.120. The third-order valence-electron chi connectivity index (χ3n) is 5.00. The Balaban J connectivity index is 1.60. The highest BCUT2D eigenvalue weighted by Crippen LogP contribution is 2.26. The number of thiocarbonyl (C=S) groups is 1. The zero-order valence-electron chi connectivity index (χ0n) is 16.7. The third kappa shape index (κ3) is 6.03. The number of carbonyl (C=O) groups is 2. The quantitative estimate of drug-likeness (QED) is 0.508. The summed E-state index contributed by atoms with van der Waals surface area (Å²) >= 11 is 8.63. The van der Waals surface area contributed by atoms with E-state index in [0.717, 1.165) is 30.2 Å². The van der Waals surface area contributed by atoms with Gasteiger partial charge in [0.15, 0.2) is 5.11 Å². The molecule has 3 rings (SSSR count). The third-order valence-corrected chi connectivity index (χ3v) is 5.69. The highest BCUT2D eigenvalue weighted by atomic mass is 79.9. The second-order valence-corrected chi connectivity index (χ2v) is 8.48. The van der Waals surface area contributed by atoms with Gasteiger partial charge in [-0.15, -0.1) is 0 Å². The molecule has 0 atom stereocenters. The molecule has 30 heavy (non-hydrogen) atoms. The van der Waals surface area contributed by atoms with E-state index in [4.69, 9.17) is 17.0 Å². The maximum atomic E-state index is 12.6. The number of carbonyl (C=O) groups excluding carboxylic acids is 2. The van der Waals surface area contributed by atoms with Gasteiger partial charge in [-0.1, -0.05) is 41.3 Å². The molecule has 0 unspecified atom stereocenters. The lowest BCUT2D eigenvalue weighted by Crippen LogP contribution is -2.34. The van der Waals surface area contributed by atoms with Crippen LogP contribution in [0.5, 0.6) is 5.75 Å². The van der Waals surface area contributed by atoms with E-state index >= 15 is 0 Å². The van der Waals surface area contributed by atoms with Crippen LogP contribution in [0.2, 0.25) is 0 Å². The molecule has 1 aliphatic rings. The number of hydrogen-bond acceptors (Lipinski definition) is 4. The predicted octanol–water partition coefficient (Wildman–Crippen LogP) is 5.10. The Bertz CT molecular complexity index is 945. The van der Waals surface area contributed by atoms with Gasteiger partial charge in [0.05, 0.1) is 12.7 Å². The minimum absolute atomic E-state index is 0.0597. The summed E-state index contributed by atoms with van der Waals surface area (Å²) in [7, 11) is 1.50. The molecule has 0 saturated heterocycles. The van der Waals surface area contributed by atoms with Gasteiger partial charge in [0.2, 0.25) is 5.91 Å². The van der Waals surface area contributed by atoms with E-state index in [1.165, 1.54) is 13.5 Å². The van der Waals surface area contributed by atoms with Gasteiger partial charge in [-0.2, -0.15) is 0 Å². The highest BCUT2D eigenvalue weighted by molar-refractivity contribution is 9.10. The van der Waals surface area contributed by atoms with E-state index in [9.17, 15) is 9.59 Å².